The lowest BCUT2D eigenvalue weighted by molar-refractivity contribution is -0.143. The lowest BCUT2D eigenvalue weighted by Crippen LogP contribution is -2.53. The molecule has 2 atom stereocenters. The third kappa shape index (κ3) is 4.02. The van der Waals surface area contributed by atoms with Crippen LogP contribution in [-0.4, -0.2) is 91.1 Å². The highest BCUT2D eigenvalue weighted by Crippen LogP contribution is 2.20. The molecule has 0 radical (unpaired) electrons. The molecule has 0 spiro atoms. The van der Waals surface area contributed by atoms with E-state index in [1.165, 1.54) is 0 Å². The summed E-state index contributed by atoms with van der Waals surface area (Å²) in [5.74, 6) is -0.00302. The normalized spacial score (nSPS) is 30.0. The van der Waals surface area contributed by atoms with Gasteiger partial charge in [-0.05, 0) is 25.7 Å². The van der Waals surface area contributed by atoms with Crippen LogP contribution in [0.25, 0.3) is 0 Å². The summed E-state index contributed by atoms with van der Waals surface area (Å²) in [4.78, 5) is 30.7. The topological polar surface area (TPSA) is 79.1 Å². The monoisotopic (exact) mass is 324 g/mol. The molecule has 3 rings (SSSR count). The van der Waals surface area contributed by atoms with E-state index in [4.69, 9.17) is 10.5 Å². The van der Waals surface area contributed by atoms with Gasteiger partial charge < -0.3 is 20.3 Å². The van der Waals surface area contributed by atoms with Gasteiger partial charge in [0.15, 0.2) is 0 Å². The number of morpholine rings is 1. The molecule has 2 amide bonds. The molecule has 0 aliphatic carbocycles. The van der Waals surface area contributed by atoms with Crippen molar-refractivity contribution >= 4 is 11.8 Å². The van der Waals surface area contributed by atoms with E-state index < -0.39 is 6.04 Å². The number of nitrogens with zero attached hydrogens (tertiary/aromatic N) is 3. The second-order valence-corrected chi connectivity index (χ2v) is 6.80. The van der Waals surface area contributed by atoms with Gasteiger partial charge in [-0.15, -0.1) is 0 Å². The van der Waals surface area contributed by atoms with E-state index in [0.717, 1.165) is 65.1 Å². The first kappa shape index (κ1) is 16.7. The Labute approximate surface area is 137 Å². The smallest absolute Gasteiger partial charge is 0.242 e. The Hall–Kier alpha value is -1.18. The second-order valence-electron chi connectivity index (χ2n) is 6.80. The highest BCUT2D eigenvalue weighted by atomic mass is 16.5. The zero-order chi connectivity index (χ0) is 16.2. The summed E-state index contributed by atoms with van der Waals surface area (Å²) in [6.07, 6.45) is 3.72. The number of nitrogens with two attached hydrogens (primary N) is 1. The van der Waals surface area contributed by atoms with Crippen LogP contribution in [0.5, 0.6) is 0 Å². The molecule has 23 heavy (non-hydrogen) atoms. The van der Waals surface area contributed by atoms with Crippen LogP contribution in [0, 0.1) is 0 Å². The Bertz CT molecular complexity index is 439. The van der Waals surface area contributed by atoms with Crippen molar-refractivity contribution in [2.45, 2.75) is 37.8 Å². The second kappa shape index (κ2) is 7.59. The number of carbonyl (C=O) groups excluding carboxylic acids is 2. The summed E-state index contributed by atoms with van der Waals surface area (Å²) < 4.78 is 5.38. The van der Waals surface area contributed by atoms with Crippen molar-refractivity contribution in [1.29, 1.82) is 0 Å². The minimum Gasteiger partial charge on any atom is -0.379 e. The Morgan fingerprint density at radius 2 is 1.87 bits per heavy atom. The van der Waals surface area contributed by atoms with E-state index in [2.05, 4.69) is 4.90 Å². The molecule has 3 fully saturated rings. The number of hydrogen-bond acceptors (Lipinski definition) is 5. The zero-order valence-corrected chi connectivity index (χ0v) is 13.8. The van der Waals surface area contributed by atoms with Crippen molar-refractivity contribution in [3.8, 4) is 0 Å². The van der Waals surface area contributed by atoms with Gasteiger partial charge in [0.25, 0.3) is 0 Å². The Morgan fingerprint density at radius 1 is 1.13 bits per heavy atom. The standard InChI is InChI=1S/C16H28N4O3/c17-14-4-2-5-19(16(14)22)12-15(21)20-6-1-3-13(20)11-18-7-9-23-10-8-18/h13-14H,1-12,17H2. The Balaban J connectivity index is 1.54. The van der Waals surface area contributed by atoms with Crippen LogP contribution in [-0.2, 0) is 14.3 Å². The molecule has 3 saturated heterocycles. The number of ether oxygens (including phenoxy) is 1. The molecule has 3 heterocycles. The predicted molar refractivity (Wildman–Crippen MR) is 85.8 cm³/mol. The van der Waals surface area contributed by atoms with E-state index in [1.807, 2.05) is 4.90 Å². The predicted octanol–water partition coefficient (Wildman–Crippen LogP) is -0.741. The van der Waals surface area contributed by atoms with Gasteiger partial charge >= 0.3 is 0 Å². The maximum absolute atomic E-state index is 12.7. The summed E-state index contributed by atoms with van der Waals surface area (Å²) in [6, 6.07) is -0.159. The molecule has 0 aromatic carbocycles. The fraction of sp³-hybridized carbons (Fsp3) is 0.875. The molecule has 3 aliphatic heterocycles. The van der Waals surface area contributed by atoms with E-state index in [9.17, 15) is 9.59 Å². The molecule has 130 valence electrons. The number of amides is 2. The number of rotatable bonds is 4. The van der Waals surface area contributed by atoms with Gasteiger partial charge in [0, 0.05) is 38.8 Å². The van der Waals surface area contributed by atoms with Crippen molar-refractivity contribution in [1.82, 2.24) is 14.7 Å². The SMILES string of the molecule is NC1CCCN(CC(=O)N2CCCC2CN2CCOCC2)C1=O. The Morgan fingerprint density at radius 3 is 2.65 bits per heavy atom. The van der Waals surface area contributed by atoms with Crippen molar-refractivity contribution in [2.75, 3.05) is 52.5 Å². The molecule has 3 aliphatic rings. The highest BCUT2D eigenvalue weighted by molar-refractivity contribution is 5.88. The first-order valence-corrected chi connectivity index (χ1v) is 8.79. The van der Waals surface area contributed by atoms with Gasteiger partial charge in [-0.25, -0.2) is 0 Å². The minimum atomic E-state index is -0.431. The van der Waals surface area contributed by atoms with Gasteiger partial charge in [-0.1, -0.05) is 0 Å². The fourth-order valence-electron chi connectivity index (χ4n) is 3.82. The average molecular weight is 324 g/mol. The first-order chi connectivity index (χ1) is 11.1. The van der Waals surface area contributed by atoms with E-state index >= 15 is 0 Å². The van der Waals surface area contributed by atoms with Crippen LogP contribution < -0.4 is 5.73 Å². The van der Waals surface area contributed by atoms with Crippen LogP contribution in [0.4, 0.5) is 0 Å². The molecule has 7 nitrogen and oxygen atoms in total. The highest BCUT2D eigenvalue weighted by Gasteiger charge is 2.33. The summed E-state index contributed by atoms with van der Waals surface area (Å²) in [5, 5.41) is 0. The lowest BCUT2D eigenvalue weighted by atomic mass is 10.1. The molecule has 0 aromatic rings. The van der Waals surface area contributed by atoms with Gasteiger partial charge in [-0.2, -0.15) is 0 Å². The molecule has 0 aromatic heterocycles. The van der Waals surface area contributed by atoms with Crippen molar-refractivity contribution in [3.63, 3.8) is 0 Å². The fourth-order valence-corrected chi connectivity index (χ4v) is 3.82. The van der Waals surface area contributed by atoms with Crippen LogP contribution in [0.3, 0.4) is 0 Å². The van der Waals surface area contributed by atoms with Crippen LogP contribution >= 0.6 is 0 Å². The first-order valence-electron chi connectivity index (χ1n) is 8.79. The summed E-state index contributed by atoms with van der Waals surface area (Å²) in [7, 11) is 0. The quantitative estimate of drug-likeness (QED) is 0.737. The van der Waals surface area contributed by atoms with Crippen LogP contribution in [0.2, 0.25) is 0 Å². The number of hydrogen-bond donors (Lipinski definition) is 1. The van der Waals surface area contributed by atoms with E-state index in [-0.39, 0.29) is 24.4 Å². The average Bonchev–Trinajstić information content (AvgIpc) is 3.01. The maximum Gasteiger partial charge on any atom is 0.242 e. The van der Waals surface area contributed by atoms with Crippen LogP contribution in [0.15, 0.2) is 0 Å². The van der Waals surface area contributed by atoms with Gasteiger partial charge in [0.1, 0.15) is 0 Å². The Kier molecular flexibility index (Phi) is 5.50. The lowest BCUT2D eigenvalue weighted by Gasteiger charge is -2.35. The third-order valence-corrected chi connectivity index (χ3v) is 5.17. The van der Waals surface area contributed by atoms with Crippen molar-refractivity contribution < 1.29 is 14.3 Å². The minimum absolute atomic E-state index is 0.0724. The van der Waals surface area contributed by atoms with Crippen molar-refractivity contribution in [3.05, 3.63) is 0 Å². The molecule has 2 unspecified atom stereocenters. The molecule has 2 N–H and O–H groups in total. The summed E-state index contributed by atoms with van der Waals surface area (Å²) >= 11 is 0. The van der Waals surface area contributed by atoms with E-state index in [1.54, 1.807) is 4.90 Å². The third-order valence-electron chi connectivity index (χ3n) is 5.17. The number of likely N-dealkylation sites (tertiary alicyclic amines) is 2. The van der Waals surface area contributed by atoms with Gasteiger partial charge in [0.05, 0.1) is 25.8 Å². The number of piperidine rings is 1. The molecule has 7 heteroatoms. The largest absolute Gasteiger partial charge is 0.379 e. The summed E-state index contributed by atoms with van der Waals surface area (Å²) in [6.45, 7) is 6.01. The molecule has 0 bridgehead atoms. The van der Waals surface area contributed by atoms with E-state index in [0.29, 0.717) is 6.54 Å². The maximum atomic E-state index is 12.7. The van der Waals surface area contributed by atoms with Crippen LogP contribution in [0.1, 0.15) is 25.7 Å². The molecular formula is C16H28N4O3. The zero-order valence-electron chi connectivity index (χ0n) is 13.8. The number of carbonyl (C=O) groups is 2. The molecular weight excluding hydrogens is 296 g/mol. The summed E-state index contributed by atoms with van der Waals surface area (Å²) in [5.41, 5.74) is 5.81. The van der Waals surface area contributed by atoms with Crippen molar-refractivity contribution in [2.24, 2.45) is 5.73 Å². The van der Waals surface area contributed by atoms with Gasteiger partial charge in [-0.3, -0.25) is 14.5 Å². The molecule has 0 saturated carbocycles. The van der Waals surface area contributed by atoms with Gasteiger partial charge in [0.2, 0.25) is 11.8 Å².